The van der Waals surface area contributed by atoms with Gasteiger partial charge in [0.1, 0.15) is 0 Å². The highest BCUT2D eigenvalue weighted by Gasteiger charge is 1.95. The second-order valence-corrected chi connectivity index (χ2v) is 2.13. The van der Waals surface area contributed by atoms with Crippen LogP contribution in [-0.2, 0) is 4.74 Å². The third kappa shape index (κ3) is 5.69. The van der Waals surface area contributed by atoms with Crippen molar-refractivity contribution in [3.63, 3.8) is 0 Å². The molecule has 0 atom stereocenters. The molecule has 3 nitrogen and oxygen atoms in total. The molecule has 0 aromatic heterocycles. The number of amides is 1. The standard InChI is InChI=1S/C6H12ClNO2/c1-2-3-4-5-10-6(9)8-7/h2-5H2,1H3,(H,8,9). The molecule has 10 heavy (non-hydrogen) atoms. The van der Waals surface area contributed by atoms with E-state index in [9.17, 15) is 4.79 Å². The zero-order valence-corrected chi connectivity index (χ0v) is 6.78. The lowest BCUT2D eigenvalue weighted by Crippen LogP contribution is -2.14. The Morgan fingerprint density at radius 1 is 1.60 bits per heavy atom. The minimum Gasteiger partial charge on any atom is -0.449 e. The van der Waals surface area contributed by atoms with Gasteiger partial charge in [-0.2, -0.15) is 0 Å². The molecule has 0 aliphatic rings. The van der Waals surface area contributed by atoms with Gasteiger partial charge in [-0.25, -0.2) is 9.63 Å². The molecule has 0 fully saturated rings. The maximum absolute atomic E-state index is 10.3. The summed E-state index contributed by atoms with van der Waals surface area (Å²) in [5, 5.41) is 0. The van der Waals surface area contributed by atoms with Gasteiger partial charge in [0.25, 0.3) is 0 Å². The number of carbonyl (C=O) groups is 1. The van der Waals surface area contributed by atoms with E-state index in [-0.39, 0.29) is 0 Å². The van der Waals surface area contributed by atoms with Gasteiger partial charge in [-0.15, -0.1) is 0 Å². The summed E-state index contributed by atoms with van der Waals surface area (Å²) in [4.78, 5) is 12.2. The van der Waals surface area contributed by atoms with E-state index < -0.39 is 6.09 Å². The first kappa shape index (κ1) is 9.56. The highest BCUT2D eigenvalue weighted by molar-refractivity contribution is 6.20. The third-order valence-electron chi connectivity index (χ3n) is 1.06. The van der Waals surface area contributed by atoms with E-state index in [1.807, 2.05) is 4.84 Å². The van der Waals surface area contributed by atoms with Gasteiger partial charge in [0.15, 0.2) is 0 Å². The lowest BCUT2D eigenvalue weighted by molar-refractivity contribution is 0.150. The fourth-order valence-electron chi connectivity index (χ4n) is 0.544. The molecule has 0 spiro atoms. The summed E-state index contributed by atoms with van der Waals surface area (Å²) in [6, 6.07) is 0. The summed E-state index contributed by atoms with van der Waals surface area (Å²) in [7, 11) is 0. The summed E-state index contributed by atoms with van der Waals surface area (Å²) in [6.45, 7) is 2.54. The average Bonchev–Trinajstić information content (AvgIpc) is 1.98. The number of rotatable bonds is 4. The molecule has 0 rings (SSSR count). The maximum atomic E-state index is 10.3. The Hall–Kier alpha value is -0.440. The molecule has 1 amide bonds. The monoisotopic (exact) mass is 165 g/mol. The van der Waals surface area contributed by atoms with Crippen molar-refractivity contribution < 1.29 is 9.53 Å². The van der Waals surface area contributed by atoms with Gasteiger partial charge in [0.2, 0.25) is 0 Å². The Balaban J connectivity index is 2.96. The molecular formula is C6H12ClNO2. The third-order valence-corrected chi connectivity index (χ3v) is 1.21. The Labute approximate surface area is 65.8 Å². The van der Waals surface area contributed by atoms with Gasteiger partial charge in [-0.05, 0) is 6.42 Å². The van der Waals surface area contributed by atoms with Crippen LogP contribution >= 0.6 is 11.8 Å². The summed E-state index contributed by atoms with van der Waals surface area (Å²) < 4.78 is 4.61. The fourth-order valence-corrected chi connectivity index (χ4v) is 0.599. The number of unbranched alkanes of at least 4 members (excludes halogenated alkanes) is 2. The van der Waals surface area contributed by atoms with E-state index >= 15 is 0 Å². The zero-order chi connectivity index (χ0) is 7.82. The van der Waals surface area contributed by atoms with Crippen molar-refractivity contribution in [3.8, 4) is 0 Å². The first-order valence-electron chi connectivity index (χ1n) is 3.34. The minimum atomic E-state index is -0.572. The normalized spacial score (nSPS) is 9.00. The Morgan fingerprint density at radius 3 is 2.80 bits per heavy atom. The van der Waals surface area contributed by atoms with E-state index in [1.54, 1.807) is 0 Å². The van der Waals surface area contributed by atoms with Crippen LogP contribution in [0.2, 0.25) is 0 Å². The Morgan fingerprint density at radius 2 is 2.30 bits per heavy atom. The zero-order valence-electron chi connectivity index (χ0n) is 6.02. The van der Waals surface area contributed by atoms with Crippen LogP contribution in [0.25, 0.3) is 0 Å². The van der Waals surface area contributed by atoms with E-state index in [0.29, 0.717) is 6.61 Å². The number of hydrogen-bond donors (Lipinski definition) is 1. The number of hydrogen-bond acceptors (Lipinski definition) is 2. The topological polar surface area (TPSA) is 38.3 Å². The molecule has 0 aliphatic heterocycles. The molecule has 60 valence electrons. The molecule has 0 unspecified atom stereocenters. The first-order valence-corrected chi connectivity index (χ1v) is 3.72. The second-order valence-electron chi connectivity index (χ2n) is 1.94. The van der Waals surface area contributed by atoms with Gasteiger partial charge in [0.05, 0.1) is 6.61 Å². The summed E-state index contributed by atoms with van der Waals surface area (Å²) >= 11 is 4.94. The Bertz CT molecular complexity index is 97.7. The van der Waals surface area contributed by atoms with Crippen molar-refractivity contribution in [2.45, 2.75) is 26.2 Å². The van der Waals surface area contributed by atoms with Crippen LogP contribution in [0.15, 0.2) is 0 Å². The van der Waals surface area contributed by atoms with Gasteiger partial charge in [-0.3, -0.25) is 0 Å². The molecule has 0 bridgehead atoms. The molecule has 0 aromatic rings. The average molecular weight is 166 g/mol. The van der Waals surface area contributed by atoms with Crippen LogP contribution in [0.1, 0.15) is 26.2 Å². The van der Waals surface area contributed by atoms with Crippen molar-refractivity contribution in [1.29, 1.82) is 0 Å². The van der Waals surface area contributed by atoms with E-state index in [2.05, 4.69) is 11.7 Å². The van der Waals surface area contributed by atoms with Crippen molar-refractivity contribution in [1.82, 2.24) is 4.84 Å². The molecule has 0 saturated heterocycles. The van der Waals surface area contributed by atoms with Gasteiger partial charge in [-0.1, -0.05) is 19.8 Å². The summed E-state index contributed by atoms with van der Waals surface area (Å²) in [5.74, 6) is 0. The van der Waals surface area contributed by atoms with Crippen molar-refractivity contribution >= 4 is 17.9 Å². The second kappa shape index (κ2) is 6.68. The predicted octanol–water partition coefficient (Wildman–Crippen LogP) is 2.06. The van der Waals surface area contributed by atoms with Crippen molar-refractivity contribution in [2.75, 3.05) is 6.61 Å². The van der Waals surface area contributed by atoms with Crippen molar-refractivity contribution in [3.05, 3.63) is 0 Å². The van der Waals surface area contributed by atoms with E-state index in [4.69, 9.17) is 11.8 Å². The molecule has 0 aromatic carbocycles. The van der Waals surface area contributed by atoms with Gasteiger partial charge >= 0.3 is 6.09 Å². The molecule has 4 heteroatoms. The highest BCUT2D eigenvalue weighted by atomic mass is 35.5. The highest BCUT2D eigenvalue weighted by Crippen LogP contribution is 1.93. The molecular weight excluding hydrogens is 154 g/mol. The van der Waals surface area contributed by atoms with E-state index in [0.717, 1.165) is 19.3 Å². The lowest BCUT2D eigenvalue weighted by Gasteiger charge is -2.00. The van der Waals surface area contributed by atoms with Gasteiger partial charge < -0.3 is 4.74 Å². The van der Waals surface area contributed by atoms with Crippen LogP contribution in [-0.4, -0.2) is 12.7 Å². The summed E-state index contributed by atoms with van der Waals surface area (Å²) in [6.07, 6.45) is 2.53. The lowest BCUT2D eigenvalue weighted by atomic mass is 10.3. The van der Waals surface area contributed by atoms with Crippen molar-refractivity contribution in [2.24, 2.45) is 0 Å². The van der Waals surface area contributed by atoms with Gasteiger partial charge in [0, 0.05) is 11.8 Å². The number of halogens is 1. The molecule has 1 N–H and O–H groups in total. The van der Waals surface area contributed by atoms with Crippen LogP contribution < -0.4 is 4.84 Å². The minimum absolute atomic E-state index is 0.451. The van der Waals surface area contributed by atoms with Crippen LogP contribution in [0.5, 0.6) is 0 Å². The fraction of sp³-hybridized carbons (Fsp3) is 0.833. The molecule has 0 radical (unpaired) electrons. The van der Waals surface area contributed by atoms with E-state index in [1.165, 1.54) is 0 Å². The molecule has 0 heterocycles. The SMILES string of the molecule is CCCCCOC(=O)NCl. The summed E-state index contributed by atoms with van der Waals surface area (Å²) in [5.41, 5.74) is 0. The van der Waals surface area contributed by atoms with Crippen LogP contribution in [0, 0.1) is 0 Å². The number of nitrogens with one attached hydrogen (secondary N) is 1. The molecule has 0 aliphatic carbocycles. The van der Waals surface area contributed by atoms with Crippen LogP contribution in [0.4, 0.5) is 4.79 Å². The smallest absolute Gasteiger partial charge is 0.421 e. The number of ether oxygens (including phenoxy) is 1. The molecule has 0 saturated carbocycles. The van der Waals surface area contributed by atoms with Crippen LogP contribution in [0.3, 0.4) is 0 Å². The Kier molecular flexibility index (Phi) is 6.38. The predicted molar refractivity (Wildman–Crippen MR) is 39.9 cm³/mol. The first-order chi connectivity index (χ1) is 4.81. The number of carbonyl (C=O) groups excluding carboxylic acids is 1. The largest absolute Gasteiger partial charge is 0.449 e. The maximum Gasteiger partial charge on any atom is 0.421 e. The quantitative estimate of drug-likeness (QED) is 0.512.